The third-order valence-corrected chi connectivity index (χ3v) is 7.86. The fourth-order valence-electron chi connectivity index (χ4n) is 4.64. The number of sulfonamides is 1. The fourth-order valence-corrected chi connectivity index (χ4v) is 5.88. The van der Waals surface area contributed by atoms with E-state index < -0.39 is 21.7 Å². The summed E-state index contributed by atoms with van der Waals surface area (Å²) < 4.78 is 48.8. The van der Waals surface area contributed by atoms with Crippen LogP contribution in [-0.4, -0.2) is 31.1 Å². The summed E-state index contributed by atoms with van der Waals surface area (Å²) in [5.74, 6) is -1.54. The summed E-state index contributed by atoms with van der Waals surface area (Å²) in [5.41, 5.74) is 4.31. The number of pyridine rings is 1. The highest BCUT2D eigenvalue weighted by atomic mass is 32.2. The summed E-state index contributed by atoms with van der Waals surface area (Å²) in [7, 11) is -4.11. The molecule has 3 heterocycles. The maximum absolute atomic E-state index is 13.4. The van der Waals surface area contributed by atoms with Gasteiger partial charge in [0.1, 0.15) is 5.82 Å². The van der Waals surface area contributed by atoms with Gasteiger partial charge in [-0.2, -0.15) is 4.39 Å². The molecule has 1 aliphatic heterocycles. The van der Waals surface area contributed by atoms with Crippen molar-refractivity contribution < 1.29 is 17.2 Å². The predicted molar refractivity (Wildman–Crippen MR) is 136 cm³/mol. The lowest BCUT2D eigenvalue weighted by Crippen LogP contribution is -2.22. The predicted octanol–water partition coefficient (Wildman–Crippen LogP) is 4.22. The van der Waals surface area contributed by atoms with Crippen molar-refractivity contribution in [1.82, 2.24) is 14.9 Å². The van der Waals surface area contributed by atoms with Gasteiger partial charge in [0.2, 0.25) is 5.95 Å². The average Bonchev–Trinajstić information content (AvgIpc) is 3.18. The van der Waals surface area contributed by atoms with E-state index in [4.69, 9.17) is 4.42 Å². The number of benzene rings is 2. The first-order chi connectivity index (χ1) is 17.2. The van der Waals surface area contributed by atoms with Crippen LogP contribution in [0.15, 0.2) is 74.8 Å². The highest BCUT2D eigenvalue weighted by Gasteiger charge is 2.25. The van der Waals surface area contributed by atoms with E-state index in [-0.39, 0.29) is 22.3 Å². The molecular weight excluding hydrogens is 483 g/mol. The van der Waals surface area contributed by atoms with Crippen molar-refractivity contribution in [3.05, 3.63) is 93.9 Å². The SMILES string of the molecule is Cc1cc2c(cc1S(=O)(=O)Nc1cccc(F)n1)oc(=O)n2[C@H](C)c1ccccc1C1=CCNCC1. The van der Waals surface area contributed by atoms with E-state index in [2.05, 4.69) is 27.2 Å². The molecule has 4 aromatic rings. The molecule has 36 heavy (non-hydrogen) atoms. The van der Waals surface area contributed by atoms with Crippen molar-refractivity contribution in [2.75, 3.05) is 17.8 Å². The zero-order valence-electron chi connectivity index (χ0n) is 19.8. The number of nitrogens with zero attached hydrogens (tertiary/aromatic N) is 2. The summed E-state index contributed by atoms with van der Waals surface area (Å²) in [6.07, 6.45) is 3.05. The van der Waals surface area contributed by atoms with Crippen LogP contribution in [0.1, 0.15) is 36.1 Å². The third-order valence-electron chi connectivity index (χ3n) is 6.36. The Balaban J connectivity index is 1.57. The van der Waals surface area contributed by atoms with Crippen molar-refractivity contribution in [3.63, 3.8) is 0 Å². The zero-order chi connectivity index (χ0) is 25.4. The number of nitrogens with one attached hydrogen (secondary N) is 2. The van der Waals surface area contributed by atoms with Crippen molar-refractivity contribution in [2.45, 2.75) is 31.2 Å². The summed E-state index contributed by atoms with van der Waals surface area (Å²) in [4.78, 5) is 16.5. The van der Waals surface area contributed by atoms with Gasteiger partial charge in [-0.05, 0) is 67.3 Å². The van der Waals surface area contributed by atoms with Crippen LogP contribution in [0.4, 0.5) is 10.2 Å². The van der Waals surface area contributed by atoms with E-state index in [0.717, 1.165) is 36.7 Å². The minimum atomic E-state index is -4.11. The van der Waals surface area contributed by atoms with Gasteiger partial charge >= 0.3 is 5.76 Å². The van der Waals surface area contributed by atoms with Gasteiger partial charge in [-0.3, -0.25) is 9.29 Å². The Hall–Kier alpha value is -3.76. The Morgan fingerprint density at radius 1 is 1.17 bits per heavy atom. The molecule has 2 N–H and O–H groups in total. The van der Waals surface area contributed by atoms with Gasteiger partial charge in [0, 0.05) is 12.6 Å². The normalized spacial score (nSPS) is 15.0. The van der Waals surface area contributed by atoms with Crippen LogP contribution in [0.2, 0.25) is 0 Å². The van der Waals surface area contributed by atoms with Crippen LogP contribution in [-0.2, 0) is 10.0 Å². The number of oxazole rings is 1. The van der Waals surface area contributed by atoms with Crippen molar-refractivity contribution in [1.29, 1.82) is 0 Å². The lowest BCUT2D eigenvalue weighted by atomic mass is 9.92. The Morgan fingerprint density at radius 2 is 1.97 bits per heavy atom. The molecule has 10 heteroatoms. The molecule has 5 rings (SSSR count). The van der Waals surface area contributed by atoms with Crippen LogP contribution in [0.3, 0.4) is 0 Å². The van der Waals surface area contributed by atoms with E-state index in [9.17, 15) is 17.6 Å². The third kappa shape index (κ3) is 4.45. The number of fused-ring (bicyclic) bond motifs is 1. The molecule has 0 fully saturated rings. The minimum Gasteiger partial charge on any atom is -0.408 e. The minimum absolute atomic E-state index is 0.0881. The number of anilines is 1. The number of halogens is 1. The lowest BCUT2D eigenvalue weighted by molar-refractivity contribution is 0.489. The second-order valence-electron chi connectivity index (χ2n) is 8.72. The molecule has 2 aromatic carbocycles. The number of aromatic nitrogens is 2. The summed E-state index contributed by atoms with van der Waals surface area (Å²) in [5, 5.41) is 3.31. The van der Waals surface area contributed by atoms with Gasteiger partial charge in [-0.25, -0.2) is 18.2 Å². The van der Waals surface area contributed by atoms with E-state index in [1.54, 1.807) is 17.6 Å². The van der Waals surface area contributed by atoms with Gasteiger partial charge in [0.25, 0.3) is 10.0 Å². The second kappa shape index (κ2) is 9.36. The van der Waals surface area contributed by atoms with Crippen molar-refractivity contribution in [2.24, 2.45) is 0 Å². The highest BCUT2D eigenvalue weighted by Crippen LogP contribution is 2.32. The Morgan fingerprint density at radius 3 is 2.72 bits per heavy atom. The standard InChI is InChI=1S/C26H25FN4O4S/c1-16-14-21-22(15-23(16)36(33,34)30-25-9-5-8-24(27)29-25)35-26(32)31(21)17(2)19-6-3-4-7-20(19)18-10-12-28-13-11-18/h3-10,14-15,17,28H,11-13H2,1-2H3,(H,29,30)/t17-/m1/s1. The molecule has 0 saturated heterocycles. The van der Waals surface area contributed by atoms with Gasteiger partial charge in [0.15, 0.2) is 5.58 Å². The zero-order valence-corrected chi connectivity index (χ0v) is 20.6. The van der Waals surface area contributed by atoms with E-state index in [0.29, 0.717) is 11.1 Å². The first kappa shape index (κ1) is 24.0. The topological polar surface area (TPSA) is 106 Å². The lowest BCUT2D eigenvalue weighted by Gasteiger charge is -2.21. The molecule has 186 valence electrons. The van der Waals surface area contributed by atoms with E-state index >= 15 is 0 Å². The van der Waals surface area contributed by atoms with Gasteiger partial charge in [-0.15, -0.1) is 0 Å². The largest absolute Gasteiger partial charge is 0.420 e. The smallest absolute Gasteiger partial charge is 0.408 e. The molecule has 0 amide bonds. The van der Waals surface area contributed by atoms with Crippen LogP contribution in [0.25, 0.3) is 16.7 Å². The quantitative estimate of drug-likeness (QED) is 0.378. The number of rotatable bonds is 6. The van der Waals surface area contributed by atoms with Crippen LogP contribution in [0.5, 0.6) is 0 Å². The molecule has 0 bridgehead atoms. The Labute approximate surface area is 207 Å². The molecular formula is C26H25FN4O4S. The van der Waals surface area contributed by atoms with Crippen LogP contribution < -0.4 is 15.8 Å². The molecule has 1 aliphatic rings. The second-order valence-corrected chi connectivity index (χ2v) is 10.4. The maximum Gasteiger partial charge on any atom is 0.420 e. The number of aryl methyl sites for hydroxylation is 1. The number of hydrogen-bond acceptors (Lipinski definition) is 6. The monoisotopic (exact) mass is 508 g/mol. The average molecular weight is 509 g/mol. The van der Waals surface area contributed by atoms with Crippen LogP contribution >= 0.6 is 0 Å². The Kier molecular flexibility index (Phi) is 6.23. The molecule has 0 unspecified atom stereocenters. The fraction of sp³-hybridized carbons (Fsp3) is 0.231. The highest BCUT2D eigenvalue weighted by molar-refractivity contribution is 7.92. The van der Waals surface area contributed by atoms with Crippen LogP contribution in [0, 0.1) is 12.9 Å². The van der Waals surface area contributed by atoms with E-state index in [1.165, 1.54) is 23.8 Å². The molecule has 0 saturated carbocycles. The first-order valence-corrected chi connectivity index (χ1v) is 13.0. The molecule has 1 atom stereocenters. The first-order valence-electron chi connectivity index (χ1n) is 11.5. The van der Waals surface area contributed by atoms with Crippen molar-refractivity contribution in [3.8, 4) is 0 Å². The maximum atomic E-state index is 13.4. The van der Waals surface area contributed by atoms with Gasteiger partial charge in [0.05, 0.1) is 16.5 Å². The molecule has 8 nitrogen and oxygen atoms in total. The Bertz CT molecular complexity index is 1660. The number of hydrogen-bond donors (Lipinski definition) is 2. The van der Waals surface area contributed by atoms with E-state index in [1.807, 2.05) is 25.1 Å². The summed E-state index contributed by atoms with van der Waals surface area (Å²) in [6.45, 7) is 5.24. The summed E-state index contributed by atoms with van der Waals surface area (Å²) in [6, 6.07) is 14.4. The molecule has 0 aliphatic carbocycles. The van der Waals surface area contributed by atoms with Crippen molar-refractivity contribution >= 4 is 32.5 Å². The van der Waals surface area contributed by atoms with Gasteiger partial charge < -0.3 is 9.73 Å². The molecule has 2 aromatic heterocycles. The molecule has 0 spiro atoms. The van der Waals surface area contributed by atoms with Gasteiger partial charge in [-0.1, -0.05) is 36.4 Å². The summed E-state index contributed by atoms with van der Waals surface area (Å²) >= 11 is 0. The molecule has 0 radical (unpaired) electrons.